The highest BCUT2D eigenvalue weighted by Crippen LogP contribution is 2.37. The second-order valence-corrected chi connectivity index (χ2v) is 12.2. The van der Waals surface area contributed by atoms with E-state index in [1.807, 2.05) is 36.4 Å². The zero-order valence-electron chi connectivity index (χ0n) is 15.6. The predicted molar refractivity (Wildman–Crippen MR) is 106 cm³/mol. The zero-order valence-corrected chi connectivity index (χ0v) is 16.6. The van der Waals surface area contributed by atoms with E-state index >= 15 is 0 Å². The Morgan fingerprint density at radius 2 is 1.54 bits per heavy atom. The van der Waals surface area contributed by atoms with Crippen molar-refractivity contribution in [2.45, 2.75) is 44.4 Å². The molecule has 1 amide bonds. The fourth-order valence-electron chi connectivity index (χ4n) is 3.82. The van der Waals surface area contributed by atoms with Crippen LogP contribution >= 0.6 is 0 Å². The van der Waals surface area contributed by atoms with Gasteiger partial charge in [0.15, 0.2) is 0 Å². The van der Waals surface area contributed by atoms with Crippen LogP contribution < -0.4 is 15.7 Å². The van der Waals surface area contributed by atoms with Gasteiger partial charge in [-0.15, -0.1) is 0 Å². The van der Waals surface area contributed by atoms with Gasteiger partial charge in [-0.3, -0.25) is 4.79 Å². The van der Waals surface area contributed by atoms with E-state index in [1.54, 1.807) is 0 Å². The molecule has 26 heavy (non-hydrogen) atoms. The lowest BCUT2D eigenvalue weighted by molar-refractivity contribution is -0.119. The molecular weight excluding hydrogens is 342 g/mol. The number of rotatable bonds is 5. The van der Waals surface area contributed by atoms with Crippen molar-refractivity contribution in [1.82, 2.24) is 5.32 Å². The van der Waals surface area contributed by atoms with Gasteiger partial charge < -0.3 is 14.8 Å². The highest BCUT2D eigenvalue weighted by atomic mass is 28.4. The maximum absolute atomic E-state index is 11.6. The lowest BCUT2D eigenvalue weighted by atomic mass is 10.2. The first kappa shape index (κ1) is 18.8. The SMILES string of the molecule is CC(C)(C)[Si](OC[C@H]1NC(=O)C[C@@H]1O)(c1ccccc1)c1ccccc1. The van der Waals surface area contributed by atoms with Gasteiger partial charge in [-0.25, -0.2) is 0 Å². The number of amides is 1. The Kier molecular flexibility index (Phi) is 5.32. The Labute approximate surface area is 156 Å². The quantitative estimate of drug-likeness (QED) is 0.791. The summed E-state index contributed by atoms with van der Waals surface area (Å²) in [6, 6.07) is 20.4. The van der Waals surface area contributed by atoms with Crippen LogP contribution in [-0.2, 0) is 9.22 Å². The largest absolute Gasteiger partial charge is 0.405 e. The molecule has 0 aromatic heterocycles. The van der Waals surface area contributed by atoms with Gasteiger partial charge in [0, 0.05) is 0 Å². The molecule has 5 heteroatoms. The number of nitrogens with one attached hydrogen (secondary N) is 1. The monoisotopic (exact) mass is 369 g/mol. The Balaban J connectivity index is 2.04. The molecule has 1 saturated heterocycles. The first-order valence-electron chi connectivity index (χ1n) is 9.07. The summed E-state index contributed by atoms with van der Waals surface area (Å²) >= 11 is 0. The molecule has 0 radical (unpaired) electrons. The minimum Gasteiger partial charge on any atom is -0.405 e. The van der Waals surface area contributed by atoms with Crippen molar-refractivity contribution in [3.05, 3.63) is 60.7 Å². The topological polar surface area (TPSA) is 58.6 Å². The van der Waals surface area contributed by atoms with Gasteiger partial charge in [0.25, 0.3) is 8.32 Å². The molecule has 2 atom stereocenters. The number of benzene rings is 2. The molecule has 0 bridgehead atoms. The fraction of sp³-hybridized carbons (Fsp3) is 0.381. The molecule has 0 spiro atoms. The average molecular weight is 370 g/mol. The number of hydrogen-bond acceptors (Lipinski definition) is 3. The van der Waals surface area contributed by atoms with E-state index in [-0.39, 0.29) is 23.4 Å². The van der Waals surface area contributed by atoms with E-state index in [1.165, 1.54) is 10.4 Å². The van der Waals surface area contributed by atoms with Gasteiger partial charge in [0.2, 0.25) is 5.91 Å². The highest BCUT2D eigenvalue weighted by Gasteiger charge is 2.50. The average Bonchev–Trinajstić information content (AvgIpc) is 2.94. The Morgan fingerprint density at radius 3 is 1.92 bits per heavy atom. The van der Waals surface area contributed by atoms with Crippen molar-refractivity contribution in [3.8, 4) is 0 Å². The van der Waals surface area contributed by atoms with Crippen LogP contribution in [0.1, 0.15) is 27.2 Å². The zero-order chi connectivity index (χ0) is 18.8. The van der Waals surface area contributed by atoms with Crippen LogP contribution in [-0.4, -0.2) is 38.1 Å². The predicted octanol–water partition coefficient (Wildman–Crippen LogP) is 1.81. The van der Waals surface area contributed by atoms with Crippen molar-refractivity contribution >= 4 is 24.6 Å². The summed E-state index contributed by atoms with van der Waals surface area (Å²) in [5, 5.41) is 15.3. The van der Waals surface area contributed by atoms with Crippen LogP contribution in [0.4, 0.5) is 0 Å². The third kappa shape index (κ3) is 3.47. The number of hydrogen-bond donors (Lipinski definition) is 2. The van der Waals surface area contributed by atoms with Crippen molar-refractivity contribution in [3.63, 3.8) is 0 Å². The second-order valence-electron chi connectivity index (χ2n) is 7.92. The lowest BCUT2D eigenvalue weighted by Crippen LogP contribution is -2.67. The number of carbonyl (C=O) groups is 1. The Hall–Kier alpha value is -1.95. The first-order chi connectivity index (χ1) is 12.3. The smallest absolute Gasteiger partial charge is 0.261 e. The second kappa shape index (κ2) is 7.35. The molecule has 1 aliphatic heterocycles. The minimum atomic E-state index is -2.63. The minimum absolute atomic E-state index is 0.117. The van der Waals surface area contributed by atoms with Crippen molar-refractivity contribution < 1.29 is 14.3 Å². The van der Waals surface area contributed by atoms with E-state index in [2.05, 4.69) is 50.4 Å². The highest BCUT2D eigenvalue weighted by molar-refractivity contribution is 6.99. The molecule has 3 rings (SSSR count). The van der Waals surface area contributed by atoms with Crippen molar-refractivity contribution in [1.29, 1.82) is 0 Å². The molecule has 2 N–H and O–H groups in total. The van der Waals surface area contributed by atoms with Gasteiger partial charge in [0.1, 0.15) is 0 Å². The summed E-state index contributed by atoms with van der Waals surface area (Å²) in [6.45, 7) is 6.94. The van der Waals surface area contributed by atoms with Crippen LogP contribution in [0.15, 0.2) is 60.7 Å². The summed E-state index contributed by atoms with van der Waals surface area (Å²) < 4.78 is 6.73. The van der Waals surface area contributed by atoms with Crippen molar-refractivity contribution in [2.24, 2.45) is 0 Å². The van der Waals surface area contributed by atoms with Gasteiger partial charge in [-0.05, 0) is 15.4 Å². The van der Waals surface area contributed by atoms with Crippen molar-refractivity contribution in [2.75, 3.05) is 6.61 Å². The van der Waals surface area contributed by atoms with E-state index in [0.717, 1.165) is 0 Å². The third-order valence-corrected chi connectivity index (χ3v) is 10.1. The molecule has 2 aromatic carbocycles. The molecule has 0 saturated carbocycles. The Bertz CT molecular complexity index is 703. The van der Waals surface area contributed by atoms with Gasteiger partial charge >= 0.3 is 0 Å². The van der Waals surface area contributed by atoms with Gasteiger partial charge in [0.05, 0.1) is 25.2 Å². The van der Waals surface area contributed by atoms with E-state index < -0.39 is 14.4 Å². The number of aliphatic hydroxyl groups excluding tert-OH is 1. The number of aliphatic hydroxyl groups is 1. The molecule has 0 aliphatic carbocycles. The maximum Gasteiger partial charge on any atom is 0.261 e. The molecule has 4 nitrogen and oxygen atoms in total. The molecule has 138 valence electrons. The van der Waals surface area contributed by atoms with E-state index in [9.17, 15) is 9.90 Å². The number of carbonyl (C=O) groups excluding carboxylic acids is 1. The molecule has 2 aromatic rings. The fourth-order valence-corrected chi connectivity index (χ4v) is 8.41. The van der Waals surface area contributed by atoms with Crippen LogP contribution in [0.25, 0.3) is 0 Å². The van der Waals surface area contributed by atoms with Crippen LogP contribution in [0.5, 0.6) is 0 Å². The van der Waals surface area contributed by atoms with E-state index in [4.69, 9.17) is 4.43 Å². The summed E-state index contributed by atoms with van der Waals surface area (Å²) in [7, 11) is -2.63. The summed E-state index contributed by atoms with van der Waals surface area (Å²) in [6.07, 6.45) is -0.546. The van der Waals surface area contributed by atoms with Crippen LogP contribution in [0.3, 0.4) is 0 Å². The molecule has 1 fully saturated rings. The summed E-state index contributed by atoms with van der Waals surface area (Å²) in [5.41, 5.74) is 0. The summed E-state index contributed by atoms with van der Waals surface area (Å²) in [4.78, 5) is 11.6. The van der Waals surface area contributed by atoms with E-state index in [0.29, 0.717) is 6.61 Å². The third-order valence-electron chi connectivity index (χ3n) is 5.10. The molecule has 0 unspecified atom stereocenters. The lowest BCUT2D eigenvalue weighted by Gasteiger charge is -2.43. The standard InChI is InChI=1S/C21H27NO3Si/c1-21(2,3)26(16-10-6-4-7-11-16,17-12-8-5-9-13-17)25-15-18-19(23)14-20(24)22-18/h4-13,18-19,23H,14-15H2,1-3H3,(H,22,24)/t18-,19+/m1/s1. The van der Waals surface area contributed by atoms with Crippen LogP contribution in [0.2, 0.25) is 5.04 Å². The van der Waals surface area contributed by atoms with Gasteiger partial charge in [-0.2, -0.15) is 0 Å². The normalized spacial score (nSPS) is 20.8. The summed E-state index contributed by atoms with van der Waals surface area (Å²) in [5.74, 6) is -0.117. The Morgan fingerprint density at radius 1 is 1.04 bits per heavy atom. The first-order valence-corrected chi connectivity index (χ1v) is 11.0. The molecule has 1 heterocycles. The molecular formula is C21H27NO3Si. The van der Waals surface area contributed by atoms with Crippen LogP contribution in [0, 0.1) is 0 Å². The van der Waals surface area contributed by atoms with Gasteiger partial charge in [-0.1, -0.05) is 81.4 Å². The molecule has 1 aliphatic rings. The maximum atomic E-state index is 11.6.